The lowest BCUT2D eigenvalue weighted by Crippen LogP contribution is -2.71. The van der Waals surface area contributed by atoms with Gasteiger partial charge in [-0.25, -0.2) is 4.79 Å². The average molecular weight is 551 g/mol. The molecule has 0 radical (unpaired) electrons. The Hall–Kier alpha value is -1.11. The van der Waals surface area contributed by atoms with Crippen molar-refractivity contribution in [2.45, 2.75) is 126 Å². The van der Waals surface area contributed by atoms with E-state index >= 15 is 0 Å². The van der Waals surface area contributed by atoms with Crippen LogP contribution in [0.25, 0.3) is 0 Å². The number of carbonyl (C=O) groups is 1. The lowest BCUT2D eigenvalue weighted by molar-refractivity contribution is -0.458. The third-order valence-electron chi connectivity index (χ3n) is 12.5. The Labute approximate surface area is 228 Å². The number of ether oxygens (including phenoxy) is 4. The highest BCUT2D eigenvalue weighted by atomic mass is 16.8. The highest BCUT2D eigenvalue weighted by molar-refractivity contribution is 5.86. The third-order valence-corrected chi connectivity index (χ3v) is 12.5. The molecule has 0 amide bonds. The van der Waals surface area contributed by atoms with Crippen LogP contribution in [0, 0.1) is 28.6 Å². The summed E-state index contributed by atoms with van der Waals surface area (Å²) in [6, 6.07) is 0. The van der Waals surface area contributed by atoms with E-state index in [1.54, 1.807) is 0 Å². The molecule has 218 valence electrons. The number of carbonyl (C=O) groups excluding carboxylic acids is 1. The van der Waals surface area contributed by atoms with Gasteiger partial charge in [-0.2, -0.15) is 0 Å². The minimum atomic E-state index is -1.93. The van der Waals surface area contributed by atoms with Crippen LogP contribution < -0.4 is 0 Å². The quantitative estimate of drug-likeness (QED) is 0.235. The van der Waals surface area contributed by atoms with Gasteiger partial charge >= 0.3 is 5.97 Å². The SMILES string of the molecule is C[C@@H]1C[C@@H](O)[C@]2(O)O[C@@H]3C[C@@]4(C)[C@@H](CC[C@@H]5[C@@H]4CC[C@@]4(C)[C@]5(O)[C@H](O)C[C@@]4(O)C4=CC(=O)OC4)C[C@H]3O[C@@H]2O1. The monoisotopic (exact) mass is 550 g/mol. The van der Waals surface area contributed by atoms with Gasteiger partial charge in [-0.05, 0) is 68.6 Å². The topological polar surface area (TPSA) is 155 Å². The number of aliphatic hydroxyl groups is 5. The van der Waals surface area contributed by atoms with Crippen LogP contribution in [0.2, 0.25) is 0 Å². The molecule has 10 nitrogen and oxygen atoms in total. The van der Waals surface area contributed by atoms with E-state index in [-0.39, 0.29) is 54.8 Å². The second-order valence-electron chi connectivity index (χ2n) is 14.1. The number of esters is 1. The minimum absolute atomic E-state index is 0.0275. The van der Waals surface area contributed by atoms with Gasteiger partial charge < -0.3 is 44.5 Å². The predicted octanol–water partition coefficient (Wildman–Crippen LogP) is 0.907. The molecule has 0 bridgehead atoms. The summed E-state index contributed by atoms with van der Waals surface area (Å²) < 4.78 is 23.5. The van der Waals surface area contributed by atoms with Crippen LogP contribution in [0.1, 0.15) is 72.1 Å². The molecule has 4 aliphatic carbocycles. The minimum Gasteiger partial charge on any atom is -0.458 e. The van der Waals surface area contributed by atoms with Crippen molar-refractivity contribution < 1.29 is 49.3 Å². The molecule has 10 heteroatoms. The zero-order valence-corrected chi connectivity index (χ0v) is 22.9. The van der Waals surface area contributed by atoms with E-state index < -0.39 is 53.0 Å². The van der Waals surface area contributed by atoms with Gasteiger partial charge in [-0.15, -0.1) is 0 Å². The molecule has 7 aliphatic rings. The number of hydrogen-bond acceptors (Lipinski definition) is 10. The molecule has 3 aliphatic heterocycles. The number of aliphatic hydroxyl groups excluding tert-OH is 2. The molecule has 0 unspecified atom stereocenters. The van der Waals surface area contributed by atoms with E-state index in [0.29, 0.717) is 24.8 Å². The van der Waals surface area contributed by atoms with Crippen molar-refractivity contribution >= 4 is 5.97 Å². The zero-order valence-electron chi connectivity index (χ0n) is 22.9. The molecule has 4 saturated carbocycles. The molecule has 5 N–H and O–H groups in total. The average Bonchev–Trinajstić information content (AvgIpc) is 3.37. The van der Waals surface area contributed by atoms with Crippen LogP contribution >= 0.6 is 0 Å². The summed E-state index contributed by atoms with van der Waals surface area (Å²) in [5.74, 6) is -2.37. The summed E-state index contributed by atoms with van der Waals surface area (Å²) in [6.45, 7) is 5.89. The van der Waals surface area contributed by atoms with Crippen molar-refractivity contribution in [1.29, 1.82) is 0 Å². The molecule has 39 heavy (non-hydrogen) atoms. The van der Waals surface area contributed by atoms with E-state index in [4.69, 9.17) is 18.9 Å². The van der Waals surface area contributed by atoms with Crippen molar-refractivity contribution in [2.75, 3.05) is 6.61 Å². The first-order valence-corrected chi connectivity index (χ1v) is 14.7. The van der Waals surface area contributed by atoms with Gasteiger partial charge in [0.2, 0.25) is 12.1 Å². The zero-order chi connectivity index (χ0) is 27.8. The molecule has 7 rings (SSSR count). The molecule has 0 aromatic heterocycles. The molecule has 0 aromatic carbocycles. The van der Waals surface area contributed by atoms with Gasteiger partial charge in [-0.1, -0.05) is 13.8 Å². The maximum Gasteiger partial charge on any atom is 0.331 e. The van der Waals surface area contributed by atoms with Gasteiger partial charge in [0.05, 0.1) is 24.4 Å². The van der Waals surface area contributed by atoms with E-state index in [1.807, 2.05) is 13.8 Å². The van der Waals surface area contributed by atoms with Gasteiger partial charge in [0.15, 0.2) is 0 Å². The van der Waals surface area contributed by atoms with Crippen LogP contribution in [-0.2, 0) is 23.7 Å². The predicted molar refractivity (Wildman–Crippen MR) is 134 cm³/mol. The highest BCUT2D eigenvalue weighted by Crippen LogP contribution is 2.71. The van der Waals surface area contributed by atoms with Crippen molar-refractivity contribution in [2.24, 2.45) is 28.6 Å². The lowest BCUT2D eigenvalue weighted by Gasteiger charge is -2.66. The maximum absolute atomic E-state index is 12.5. The van der Waals surface area contributed by atoms with Crippen molar-refractivity contribution in [3.63, 3.8) is 0 Å². The Bertz CT molecular complexity index is 1100. The van der Waals surface area contributed by atoms with Crippen LogP contribution in [-0.4, -0.2) is 91.9 Å². The van der Waals surface area contributed by atoms with Crippen LogP contribution in [0.5, 0.6) is 0 Å². The van der Waals surface area contributed by atoms with E-state index in [0.717, 1.165) is 19.3 Å². The summed E-state index contributed by atoms with van der Waals surface area (Å²) in [7, 11) is 0. The molecule has 2 saturated heterocycles. The first kappa shape index (κ1) is 26.8. The van der Waals surface area contributed by atoms with Gasteiger partial charge in [0.1, 0.15) is 23.9 Å². The third kappa shape index (κ3) is 3.23. The second-order valence-corrected chi connectivity index (χ2v) is 14.1. The van der Waals surface area contributed by atoms with E-state index in [2.05, 4.69) is 6.92 Å². The first-order valence-electron chi connectivity index (χ1n) is 14.7. The summed E-state index contributed by atoms with van der Waals surface area (Å²) >= 11 is 0. The normalized spacial score (nSPS) is 60.3. The van der Waals surface area contributed by atoms with E-state index in [9.17, 15) is 30.3 Å². The van der Waals surface area contributed by atoms with Crippen LogP contribution in [0.15, 0.2) is 11.6 Å². The standard InChI is InChI=1S/C29H42O10/c1-14-8-21(30)29(35)24(37-14)38-19-9-15-4-5-18-17(25(15,2)11-20(19)39-29)6-7-26(3)27(33,12-22(31)28(18,26)34)16-10-23(32)36-13-16/h10,14-15,17-22,24,30-31,33-35H,4-9,11-13H2,1-3H3/t14-,15+,17+,18-,19-,20-,21-,22-,24+,25+,26-,27-,28-,29+/m1/s1. The van der Waals surface area contributed by atoms with Crippen molar-refractivity contribution in [1.82, 2.24) is 0 Å². The Morgan fingerprint density at radius 1 is 0.923 bits per heavy atom. The Morgan fingerprint density at radius 3 is 2.41 bits per heavy atom. The molecule has 3 heterocycles. The number of fused-ring (bicyclic) bond motifs is 7. The smallest absolute Gasteiger partial charge is 0.331 e. The fourth-order valence-electron chi connectivity index (χ4n) is 10.3. The van der Waals surface area contributed by atoms with Crippen molar-refractivity contribution in [3.8, 4) is 0 Å². The Morgan fingerprint density at radius 2 is 1.69 bits per heavy atom. The van der Waals surface area contributed by atoms with Gasteiger partial charge in [0, 0.05) is 29.9 Å². The Kier molecular flexibility index (Phi) is 5.66. The van der Waals surface area contributed by atoms with Gasteiger partial charge in [0.25, 0.3) is 0 Å². The van der Waals surface area contributed by atoms with Crippen LogP contribution in [0.3, 0.4) is 0 Å². The molecule has 0 spiro atoms. The molecular weight excluding hydrogens is 508 g/mol. The number of hydrogen-bond donors (Lipinski definition) is 5. The van der Waals surface area contributed by atoms with Crippen LogP contribution in [0.4, 0.5) is 0 Å². The summed E-state index contributed by atoms with van der Waals surface area (Å²) in [5.41, 5.74) is -3.97. The molecule has 14 atom stereocenters. The molecule has 6 fully saturated rings. The molecular formula is C29H42O10. The number of cyclic esters (lactones) is 1. The Balaban J connectivity index is 1.19. The second kappa shape index (κ2) is 8.25. The summed E-state index contributed by atoms with van der Waals surface area (Å²) in [6.07, 6.45) is 1.29. The fraction of sp³-hybridized carbons (Fsp3) is 0.897. The number of rotatable bonds is 1. The molecule has 0 aromatic rings. The fourth-order valence-corrected chi connectivity index (χ4v) is 10.3. The largest absolute Gasteiger partial charge is 0.458 e. The lowest BCUT2D eigenvalue weighted by atomic mass is 9.42. The maximum atomic E-state index is 12.5. The highest BCUT2D eigenvalue weighted by Gasteiger charge is 2.76. The summed E-state index contributed by atoms with van der Waals surface area (Å²) in [5, 5.41) is 57.9. The first-order chi connectivity index (χ1) is 18.3. The van der Waals surface area contributed by atoms with E-state index in [1.165, 1.54) is 6.08 Å². The van der Waals surface area contributed by atoms with Gasteiger partial charge in [-0.3, -0.25) is 0 Å². The van der Waals surface area contributed by atoms with Crippen molar-refractivity contribution in [3.05, 3.63) is 11.6 Å². The summed E-state index contributed by atoms with van der Waals surface area (Å²) in [4.78, 5) is 11.9.